The van der Waals surface area contributed by atoms with E-state index in [1.165, 1.54) is 11.1 Å². The molecule has 0 radical (unpaired) electrons. The first kappa shape index (κ1) is 14.4. The highest BCUT2D eigenvalue weighted by atomic mass is 16.5. The second-order valence-corrected chi connectivity index (χ2v) is 4.50. The third-order valence-electron chi connectivity index (χ3n) is 3.05. The van der Waals surface area contributed by atoms with E-state index in [1.54, 1.807) is 7.11 Å². The van der Waals surface area contributed by atoms with E-state index in [4.69, 9.17) is 9.47 Å². The van der Waals surface area contributed by atoms with Crippen molar-refractivity contribution >= 4 is 0 Å². The molecule has 3 nitrogen and oxygen atoms in total. The molecule has 3 heteroatoms. The van der Waals surface area contributed by atoms with E-state index in [1.807, 2.05) is 43.3 Å². The molecule has 2 rings (SSSR count). The summed E-state index contributed by atoms with van der Waals surface area (Å²) in [7, 11) is 1.69. The number of methoxy groups -OCH3 is 1. The average molecular weight is 271 g/mol. The van der Waals surface area contributed by atoms with E-state index in [0.717, 1.165) is 24.6 Å². The normalized spacial score (nSPS) is 10.3. The molecule has 1 N–H and O–H groups in total. The summed E-state index contributed by atoms with van der Waals surface area (Å²) >= 11 is 0. The summed E-state index contributed by atoms with van der Waals surface area (Å²) in [6.45, 7) is 4.28. The van der Waals surface area contributed by atoms with Crippen LogP contribution in [0.1, 0.15) is 18.1 Å². The summed E-state index contributed by atoms with van der Waals surface area (Å²) < 4.78 is 10.8. The van der Waals surface area contributed by atoms with E-state index < -0.39 is 0 Å². The minimum atomic E-state index is 0.687. The maximum absolute atomic E-state index is 5.62. The Labute approximate surface area is 120 Å². The SMILES string of the molecule is CCOc1ccccc1CNCc1cccc(OC)c1. The zero-order valence-electron chi connectivity index (χ0n) is 12.1. The molecule has 0 unspecified atom stereocenters. The van der Waals surface area contributed by atoms with Gasteiger partial charge in [0, 0.05) is 18.7 Å². The Morgan fingerprint density at radius 1 is 1.00 bits per heavy atom. The fraction of sp³-hybridized carbons (Fsp3) is 0.294. The minimum absolute atomic E-state index is 0.687. The highest BCUT2D eigenvalue weighted by Gasteiger charge is 2.02. The van der Waals surface area contributed by atoms with Crippen LogP contribution < -0.4 is 14.8 Å². The van der Waals surface area contributed by atoms with Crippen molar-refractivity contribution in [1.29, 1.82) is 0 Å². The molecule has 20 heavy (non-hydrogen) atoms. The predicted molar refractivity (Wildman–Crippen MR) is 81.1 cm³/mol. The van der Waals surface area contributed by atoms with Crippen LogP contribution in [-0.4, -0.2) is 13.7 Å². The zero-order valence-corrected chi connectivity index (χ0v) is 12.1. The Kier molecular flexibility index (Phi) is 5.44. The molecule has 0 aromatic heterocycles. The molecule has 0 fully saturated rings. The van der Waals surface area contributed by atoms with E-state index in [9.17, 15) is 0 Å². The molecule has 0 bridgehead atoms. The standard InChI is InChI=1S/C17H21NO2/c1-3-20-17-10-5-4-8-15(17)13-18-12-14-7-6-9-16(11-14)19-2/h4-11,18H,3,12-13H2,1-2H3. The summed E-state index contributed by atoms with van der Waals surface area (Å²) in [5.41, 5.74) is 2.38. The number of hydrogen-bond acceptors (Lipinski definition) is 3. The number of ether oxygens (including phenoxy) is 2. The largest absolute Gasteiger partial charge is 0.497 e. The van der Waals surface area contributed by atoms with Crippen molar-refractivity contribution in [2.75, 3.05) is 13.7 Å². The van der Waals surface area contributed by atoms with E-state index >= 15 is 0 Å². The van der Waals surface area contributed by atoms with Crippen molar-refractivity contribution in [2.45, 2.75) is 20.0 Å². The van der Waals surface area contributed by atoms with Gasteiger partial charge in [-0.05, 0) is 30.7 Å². The molecule has 0 atom stereocenters. The molecular weight excluding hydrogens is 250 g/mol. The van der Waals surface area contributed by atoms with Crippen LogP contribution in [0.25, 0.3) is 0 Å². The second-order valence-electron chi connectivity index (χ2n) is 4.50. The lowest BCUT2D eigenvalue weighted by atomic mass is 10.2. The van der Waals surface area contributed by atoms with Crippen LogP contribution in [0, 0.1) is 0 Å². The van der Waals surface area contributed by atoms with Crippen molar-refractivity contribution in [1.82, 2.24) is 5.32 Å². The molecule has 0 aliphatic heterocycles. The number of rotatable bonds is 7. The highest BCUT2D eigenvalue weighted by Crippen LogP contribution is 2.18. The van der Waals surface area contributed by atoms with Gasteiger partial charge in [-0.2, -0.15) is 0 Å². The molecule has 2 aromatic carbocycles. The van der Waals surface area contributed by atoms with Gasteiger partial charge < -0.3 is 14.8 Å². The third-order valence-corrected chi connectivity index (χ3v) is 3.05. The quantitative estimate of drug-likeness (QED) is 0.837. The average Bonchev–Trinajstić information content (AvgIpc) is 2.49. The predicted octanol–water partition coefficient (Wildman–Crippen LogP) is 3.38. The van der Waals surface area contributed by atoms with Crippen LogP contribution in [-0.2, 0) is 13.1 Å². The topological polar surface area (TPSA) is 30.5 Å². The van der Waals surface area contributed by atoms with Gasteiger partial charge in [0.05, 0.1) is 13.7 Å². The minimum Gasteiger partial charge on any atom is -0.497 e. The monoisotopic (exact) mass is 271 g/mol. The van der Waals surface area contributed by atoms with Crippen molar-refractivity contribution in [3.8, 4) is 11.5 Å². The van der Waals surface area contributed by atoms with Crippen LogP contribution in [0.3, 0.4) is 0 Å². The molecule has 0 aliphatic carbocycles. The Bertz CT molecular complexity index is 540. The first-order chi connectivity index (χ1) is 9.83. The third kappa shape index (κ3) is 4.00. The first-order valence-corrected chi connectivity index (χ1v) is 6.88. The van der Waals surface area contributed by atoms with Gasteiger partial charge in [-0.1, -0.05) is 30.3 Å². The lowest BCUT2D eigenvalue weighted by Crippen LogP contribution is -2.13. The van der Waals surface area contributed by atoms with Crippen LogP contribution >= 0.6 is 0 Å². The first-order valence-electron chi connectivity index (χ1n) is 6.88. The summed E-state index contributed by atoms with van der Waals surface area (Å²) in [4.78, 5) is 0. The second kappa shape index (κ2) is 7.56. The van der Waals surface area contributed by atoms with Crippen LogP contribution in [0.2, 0.25) is 0 Å². The molecule has 0 aliphatic rings. The molecule has 0 heterocycles. The number of hydrogen-bond donors (Lipinski definition) is 1. The van der Waals surface area contributed by atoms with Gasteiger partial charge in [0.1, 0.15) is 11.5 Å². The highest BCUT2D eigenvalue weighted by molar-refractivity contribution is 5.33. The summed E-state index contributed by atoms with van der Waals surface area (Å²) in [6, 6.07) is 16.2. The van der Waals surface area contributed by atoms with Gasteiger partial charge in [-0.25, -0.2) is 0 Å². The van der Waals surface area contributed by atoms with E-state index in [-0.39, 0.29) is 0 Å². The van der Waals surface area contributed by atoms with Gasteiger partial charge in [-0.15, -0.1) is 0 Å². The van der Waals surface area contributed by atoms with Gasteiger partial charge in [0.15, 0.2) is 0 Å². The fourth-order valence-corrected chi connectivity index (χ4v) is 2.07. The zero-order chi connectivity index (χ0) is 14.2. The smallest absolute Gasteiger partial charge is 0.123 e. The lowest BCUT2D eigenvalue weighted by Gasteiger charge is -2.11. The van der Waals surface area contributed by atoms with E-state index in [2.05, 4.69) is 17.4 Å². The van der Waals surface area contributed by atoms with Crippen molar-refractivity contribution in [2.24, 2.45) is 0 Å². The Hall–Kier alpha value is -2.00. The molecule has 106 valence electrons. The van der Waals surface area contributed by atoms with E-state index in [0.29, 0.717) is 6.61 Å². The Morgan fingerprint density at radius 3 is 2.65 bits per heavy atom. The van der Waals surface area contributed by atoms with Crippen LogP contribution in [0.5, 0.6) is 11.5 Å². The molecular formula is C17H21NO2. The maximum Gasteiger partial charge on any atom is 0.123 e. The van der Waals surface area contributed by atoms with Crippen LogP contribution in [0.4, 0.5) is 0 Å². The van der Waals surface area contributed by atoms with Crippen LogP contribution in [0.15, 0.2) is 48.5 Å². The van der Waals surface area contributed by atoms with Crippen molar-refractivity contribution in [3.63, 3.8) is 0 Å². The van der Waals surface area contributed by atoms with Gasteiger partial charge in [-0.3, -0.25) is 0 Å². The molecule has 0 amide bonds. The lowest BCUT2D eigenvalue weighted by molar-refractivity contribution is 0.335. The number of para-hydroxylation sites is 1. The van der Waals surface area contributed by atoms with Gasteiger partial charge in [0.25, 0.3) is 0 Å². The molecule has 0 saturated heterocycles. The molecule has 2 aromatic rings. The summed E-state index contributed by atoms with van der Waals surface area (Å²) in [5, 5.41) is 3.43. The van der Waals surface area contributed by atoms with Crippen molar-refractivity contribution < 1.29 is 9.47 Å². The van der Waals surface area contributed by atoms with Gasteiger partial charge in [0.2, 0.25) is 0 Å². The molecule has 0 saturated carbocycles. The summed E-state index contributed by atoms with van der Waals surface area (Å²) in [6.07, 6.45) is 0. The Morgan fingerprint density at radius 2 is 1.85 bits per heavy atom. The maximum atomic E-state index is 5.62. The number of nitrogens with one attached hydrogen (secondary N) is 1. The Balaban J connectivity index is 1.92. The fourth-order valence-electron chi connectivity index (χ4n) is 2.07. The molecule has 0 spiro atoms. The summed E-state index contributed by atoms with van der Waals surface area (Å²) in [5.74, 6) is 1.84. The number of benzene rings is 2. The van der Waals surface area contributed by atoms with Gasteiger partial charge >= 0.3 is 0 Å². The van der Waals surface area contributed by atoms with Crippen molar-refractivity contribution in [3.05, 3.63) is 59.7 Å².